The van der Waals surface area contributed by atoms with Crippen LogP contribution in [0.25, 0.3) is 0 Å². The summed E-state index contributed by atoms with van der Waals surface area (Å²) in [6.07, 6.45) is 3.11. The number of carbonyl (C=O) groups excluding carboxylic acids is 1. The Balaban J connectivity index is 1.93. The van der Waals surface area contributed by atoms with Crippen molar-refractivity contribution in [2.24, 2.45) is 0 Å². The zero-order chi connectivity index (χ0) is 13.0. The highest BCUT2D eigenvalue weighted by Gasteiger charge is 2.42. The molecule has 1 aromatic carbocycles. The van der Waals surface area contributed by atoms with Gasteiger partial charge in [0.05, 0.1) is 20.8 Å². The molecule has 1 saturated carbocycles. The van der Waals surface area contributed by atoms with Gasteiger partial charge in [0.2, 0.25) is 0 Å². The number of benzene rings is 1. The number of esters is 1. The van der Waals surface area contributed by atoms with Crippen molar-refractivity contribution in [1.82, 2.24) is 5.32 Å². The van der Waals surface area contributed by atoms with Crippen molar-refractivity contribution < 1.29 is 14.3 Å². The molecular formula is C14H19NO3. The van der Waals surface area contributed by atoms with Crippen molar-refractivity contribution in [3.63, 3.8) is 0 Å². The minimum atomic E-state index is -0.216. The van der Waals surface area contributed by atoms with Crippen LogP contribution in [0.4, 0.5) is 0 Å². The molecule has 0 aliphatic heterocycles. The minimum Gasteiger partial charge on any atom is -0.497 e. The highest BCUT2D eigenvalue weighted by atomic mass is 16.5. The number of ether oxygens (including phenoxy) is 2. The summed E-state index contributed by atoms with van der Waals surface area (Å²) in [5.41, 5.74) is 1.30. The maximum absolute atomic E-state index is 11.1. The molecule has 0 heterocycles. The fourth-order valence-corrected chi connectivity index (χ4v) is 2.07. The second-order valence-electron chi connectivity index (χ2n) is 4.74. The van der Waals surface area contributed by atoms with E-state index in [1.54, 1.807) is 7.11 Å². The van der Waals surface area contributed by atoms with E-state index in [0.717, 1.165) is 25.0 Å². The second kappa shape index (κ2) is 5.40. The molecule has 4 nitrogen and oxygen atoms in total. The minimum absolute atomic E-state index is 0.0700. The van der Waals surface area contributed by atoms with Gasteiger partial charge in [-0.25, -0.2) is 0 Å². The molecule has 0 spiro atoms. The normalized spacial score (nSPS) is 16.1. The molecule has 0 amide bonds. The molecule has 0 aromatic heterocycles. The number of hydrogen-bond acceptors (Lipinski definition) is 4. The smallest absolute Gasteiger partial charge is 0.319 e. The number of carbonyl (C=O) groups is 1. The quantitative estimate of drug-likeness (QED) is 0.777. The Morgan fingerprint density at radius 2 is 2.17 bits per heavy atom. The van der Waals surface area contributed by atoms with Crippen molar-refractivity contribution in [1.29, 1.82) is 0 Å². The Hall–Kier alpha value is -1.55. The van der Waals surface area contributed by atoms with Crippen LogP contribution in [-0.2, 0) is 16.0 Å². The molecule has 1 fully saturated rings. The molecule has 0 radical (unpaired) electrons. The zero-order valence-electron chi connectivity index (χ0n) is 10.9. The van der Waals surface area contributed by atoms with Gasteiger partial charge in [-0.15, -0.1) is 0 Å². The van der Waals surface area contributed by atoms with Crippen LogP contribution in [-0.4, -0.2) is 32.3 Å². The van der Waals surface area contributed by atoms with Gasteiger partial charge in [-0.3, -0.25) is 4.79 Å². The zero-order valence-corrected chi connectivity index (χ0v) is 10.9. The Morgan fingerprint density at radius 1 is 1.39 bits per heavy atom. The molecule has 1 aliphatic rings. The molecule has 0 unspecified atom stereocenters. The van der Waals surface area contributed by atoms with E-state index in [-0.39, 0.29) is 18.1 Å². The summed E-state index contributed by atoms with van der Waals surface area (Å²) in [6, 6.07) is 8.05. The predicted octanol–water partition coefficient (Wildman–Crippen LogP) is 1.53. The van der Waals surface area contributed by atoms with Gasteiger partial charge < -0.3 is 14.8 Å². The first-order chi connectivity index (χ1) is 8.67. The van der Waals surface area contributed by atoms with E-state index < -0.39 is 0 Å². The molecule has 0 saturated heterocycles. The fourth-order valence-electron chi connectivity index (χ4n) is 2.07. The van der Waals surface area contributed by atoms with E-state index in [2.05, 4.69) is 16.1 Å². The highest BCUT2D eigenvalue weighted by molar-refractivity contribution is 5.71. The maximum atomic E-state index is 11.1. The van der Waals surface area contributed by atoms with E-state index >= 15 is 0 Å². The number of nitrogens with one attached hydrogen (secondary N) is 1. The van der Waals surface area contributed by atoms with Gasteiger partial charge in [0.1, 0.15) is 5.75 Å². The fraction of sp³-hybridized carbons (Fsp3) is 0.500. The standard InChI is InChI=1S/C14H19NO3/c1-17-12-5-3-4-11(8-12)9-14(6-7-14)15-10-13(16)18-2/h3-5,8,15H,6-7,9-10H2,1-2H3. The van der Waals surface area contributed by atoms with E-state index in [1.165, 1.54) is 12.7 Å². The lowest BCUT2D eigenvalue weighted by molar-refractivity contribution is -0.139. The summed E-state index contributed by atoms with van der Waals surface area (Å²) in [7, 11) is 3.08. The van der Waals surface area contributed by atoms with Gasteiger partial charge in [-0.1, -0.05) is 12.1 Å². The number of rotatable bonds is 6. The van der Waals surface area contributed by atoms with Gasteiger partial charge in [-0.05, 0) is 37.0 Å². The number of hydrogen-bond donors (Lipinski definition) is 1. The summed E-state index contributed by atoms with van der Waals surface area (Å²) < 4.78 is 9.85. The van der Waals surface area contributed by atoms with Crippen LogP contribution in [0.2, 0.25) is 0 Å². The summed E-state index contributed by atoms with van der Waals surface area (Å²) >= 11 is 0. The van der Waals surface area contributed by atoms with Crippen LogP contribution < -0.4 is 10.1 Å². The summed E-state index contributed by atoms with van der Waals surface area (Å²) in [6.45, 7) is 0.278. The van der Waals surface area contributed by atoms with Crippen LogP contribution in [0.1, 0.15) is 18.4 Å². The topological polar surface area (TPSA) is 47.6 Å². The molecule has 4 heteroatoms. The Labute approximate surface area is 107 Å². The molecule has 1 N–H and O–H groups in total. The maximum Gasteiger partial charge on any atom is 0.319 e. The van der Waals surface area contributed by atoms with Crippen molar-refractivity contribution in [2.45, 2.75) is 24.8 Å². The van der Waals surface area contributed by atoms with Crippen LogP contribution in [0.3, 0.4) is 0 Å². The van der Waals surface area contributed by atoms with Gasteiger partial charge in [-0.2, -0.15) is 0 Å². The Bertz CT molecular complexity index is 427. The Morgan fingerprint density at radius 3 is 2.78 bits per heavy atom. The molecule has 0 atom stereocenters. The Kier molecular flexibility index (Phi) is 3.87. The first kappa shape index (κ1) is 12.9. The first-order valence-electron chi connectivity index (χ1n) is 6.12. The number of methoxy groups -OCH3 is 2. The van der Waals surface area contributed by atoms with Crippen LogP contribution in [0, 0.1) is 0 Å². The SMILES string of the molecule is COC(=O)CNC1(Cc2cccc(OC)c2)CC1. The van der Waals surface area contributed by atoms with Crippen molar-refractivity contribution in [2.75, 3.05) is 20.8 Å². The molecule has 1 aromatic rings. The van der Waals surface area contributed by atoms with E-state index in [1.807, 2.05) is 18.2 Å². The van der Waals surface area contributed by atoms with Crippen LogP contribution in [0.15, 0.2) is 24.3 Å². The summed E-state index contributed by atoms with van der Waals surface area (Å²) in [5, 5.41) is 3.29. The summed E-state index contributed by atoms with van der Waals surface area (Å²) in [4.78, 5) is 11.1. The monoisotopic (exact) mass is 249 g/mol. The third kappa shape index (κ3) is 3.23. The lowest BCUT2D eigenvalue weighted by Crippen LogP contribution is -2.37. The van der Waals surface area contributed by atoms with Crippen LogP contribution in [0.5, 0.6) is 5.75 Å². The van der Waals surface area contributed by atoms with E-state index in [9.17, 15) is 4.79 Å². The first-order valence-corrected chi connectivity index (χ1v) is 6.12. The second-order valence-corrected chi connectivity index (χ2v) is 4.74. The molecule has 98 valence electrons. The average molecular weight is 249 g/mol. The van der Waals surface area contributed by atoms with Crippen molar-refractivity contribution in [3.8, 4) is 5.75 Å². The largest absolute Gasteiger partial charge is 0.497 e. The predicted molar refractivity (Wildman–Crippen MR) is 68.7 cm³/mol. The van der Waals surface area contributed by atoms with Gasteiger partial charge in [0.25, 0.3) is 0 Å². The van der Waals surface area contributed by atoms with E-state index in [0.29, 0.717) is 0 Å². The van der Waals surface area contributed by atoms with Gasteiger partial charge in [0.15, 0.2) is 0 Å². The van der Waals surface area contributed by atoms with Gasteiger partial charge >= 0.3 is 5.97 Å². The van der Waals surface area contributed by atoms with E-state index in [4.69, 9.17) is 4.74 Å². The summed E-state index contributed by atoms with van der Waals surface area (Å²) in [5.74, 6) is 0.656. The molecular weight excluding hydrogens is 230 g/mol. The molecule has 18 heavy (non-hydrogen) atoms. The third-order valence-corrected chi connectivity index (χ3v) is 3.37. The molecule has 2 rings (SSSR count). The third-order valence-electron chi connectivity index (χ3n) is 3.37. The van der Waals surface area contributed by atoms with Gasteiger partial charge in [0, 0.05) is 5.54 Å². The molecule has 1 aliphatic carbocycles. The lowest BCUT2D eigenvalue weighted by atomic mass is 10.0. The van der Waals surface area contributed by atoms with Crippen LogP contribution >= 0.6 is 0 Å². The van der Waals surface area contributed by atoms with Crippen molar-refractivity contribution in [3.05, 3.63) is 29.8 Å². The molecule has 0 bridgehead atoms. The highest BCUT2D eigenvalue weighted by Crippen LogP contribution is 2.38. The lowest BCUT2D eigenvalue weighted by Gasteiger charge is -2.17. The average Bonchev–Trinajstić information content (AvgIpc) is 3.16. The van der Waals surface area contributed by atoms with Crippen molar-refractivity contribution >= 4 is 5.97 Å².